The minimum absolute atomic E-state index is 0.297. The van der Waals surface area contributed by atoms with E-state index in [-0.39, 0.29) is 0 Å². The molecule has 2 atom stereocenters. The molecule has 1 aliphatic carbocycles. The number of fused-ring (bicyclic) bond motifs is 4. The molecule has 1 N–H and O–H groups in total. The molecule has 0 radical (unpaired) electrons. The number of hydrogen-bond donors (Lipinski definition) is 1. The van der Waals surface area contributed by atoms with Gasteiger partial charge in [-0.1, -0.05) is 32.9 Å². The van der Waals surface area contributed by atoms with Gasteiger partial charge < -0.3 is 10.1 Å². The van der Waals surface area contributed by atoms with Crippen molar-refractivity contribution in [2.45, 2.75) is 51.5 Å². The third kappa shape index (κ3) is 1.53. The molecule has 1 aromatic rings. The Bertz CT molecular complexity index is 494. The molecule has 2 bridgehead atoms. The lowest BCUT2D eigenvalue weighted by molar-refractivity contribution is 0.0383. The second kappa shape index (κ2) is 4.24. The van der Waals surface area contributed by atoms with E-state index in [4.69, 9.17) is 4.74 Å². The Kier molecular flexibility index (Phi) is 2.90. The maximum atomic E-state index is 5.61. The molecule has 1 aliphatic heterocycles. The number of hydrogen-bond acceptors (Lipinski definition) is 2. The van der Waals surface area contributed by atoms with Gasteiger partial charge in [0, 0.05) is 11.5 Å². The highest BCUT2D eigenvalue weighted by molar-refractivity contribution is 5.49. The Morgan fingerprint density at radius 2 is 2.16 bits per heavy atom. The summed E-state index contributed by atoms with van der Waals surface area (Å²) in [5.41, 5.74) is 3.57. The van der Waals surface area contributed by atoms with E-state index in [1.54, 1.807) is 7.11 Å². The summed E-state index contributed by atoms with van der Waals surface area (Å²) >= 11 is 0. The summed E-state index contributed by atoms with van der Waals surface area (Å²) in [6.07, 6.45) is 3.53. The third-order valence-corrected chi connectivity index (χ3v) is 5.93. The molecule has 2 heteroatoms. The van der Waals surface area contributed by atoms with Gasteiger partial charge in [0.05, 0.1) is 7.11 Å². The molecule has 0 amide bonds. The summed E-state index contributed by atoms with van der Waals surface area (Å²) in [4.78, 5) is 0. The fourth-order valence-electron chi connectivity index (χ4n) is 4.62. The SMILES string of the molecule is CC[C@]12CCN[C@H](Cc3c(OC)cccc31)C2(C)C. The van der Waals surface area contributed by atoms with Crippen molar-refractivity contribution in [1.29, 1.82) is 0 Å². The zero-order chi connectivity index (χ0) is 13.7. The second-order valence-corrected chi connectivity index (χ2v) is 6.60. The van der Waals surface area contributed by atoms with Gasteiger partial charge >= 0.3 is 0 Å². The second-order valence-electron chi connectivity index (χ2n) is 6.60. The third-order valence-electron chi connectivity index (χ3n) is 5.93. The van der Waals surface area contributed by atoms with Crippen molar-refractivity contribution in [3.63, 3.8) is 0 Å². The molecular formula is C17H25NO. The summed E-state index contributed by atoms with van der Waals surface area (Å²) in [6, 6.07) is 7.17. The van der Waals surface area contributed by atoms with E-state index < -0.39 is 0 Å². The lowest BCUT2D eigenvalue weighted by Gasteiger charge is -2.59. The van der Waals surface area contributed by atoms with Crippen LogP contribution in [-0.2, 0) is 11.8 Å². The quantitative estimate of drug-likeness (QED) is 0.880. The predicted molar refractivity (Wildman–Crippen MR) is 78.9 cm³/mol. The minimum Gasteiger partial charge on any atom is -0.496 e. The van der Waals surface area contributed by atoms with Crippen molar-refractivity contribution in [3.8, 4) is 5.75 Å². The van der Waals surface area contributed by atoms with Crippen LogP contribution >= 0.6 is 0 Å². The van der Waals surface area contributed by atoms with E-state index in [0.717, 1.165) is 18.7 Å². The first-order valence-corrected chi connectivity index (χ1v) is 7.46. The molecule has 0 spiro atoms. The van der Waals surface area contributed by atoms with Crippen LogP contribution in [0.2, 0.25) is 0 Å². The topological polar surface area (TPSA) is 21.3 Å². The number of piperidine rings is 1. The average molecular weight is 259 g/mol. The lowest BCUT2D eigenvalue weighted by atomic mass is 9.49. The van der Waals surface area contributed by atoms with Crippen LogP contribution in [0.5, 0.6) is 5.75 Å². The Labute approximate surface area is 116 Å². The van der Waals surface area contributed by atoms with Crippen molar-refractivity contribution in [1.82, 2.24) is 5.32 Å². The molecule has 0 unspecified atom stereocenters. The molecule has 1 saturated heterocycles. The van der Waals surface area contributed by atoms with Gasteiger partial charge in [0.2, 0.25) is 0 Å². The molecular weight excluding hydrogens is 234 g/mol. The first-order valence-electron chi connectivity index (χ1n) is 7.46. The number of methoxy groups -OCH3 is 1. The van der Waals surface area contributed by atoms with Crippen LogP contribution in [0.1, 0.15) is 44.7 Å². The molecule has 104 valence electrons. The molecule has 1 fully saturated rings. The Morgan fingerprint density at radius 1 is 1.37 bits per heavy atom. The number of benzene rings is 1. The molecule has 19 heavy (non-hydrogen) atoms. The number of nitrogens with one attached hydrogen (secondary N) is 1. The van der Waals surface area contributed by atoms with Crippen LogP contribution < -0.4 is 10.1 Å². The van der Waals surface area contributed by atoms with E-state index in [9.17, 15) is 0 Å². The predicted octanol–water partition coefficient (Wildman–Crippen LogP) is 3.29. The summed E-state index contributed by atoms with van der Waals surface area (Å²) in [7, 11) is 1.79. The van der Waals surface area contributed by atoms with Crippen LogP contribution in [0.15, 0.2) is 18.2 Å². The van der Waals surface area contributed by atoms with Gasteiger partial charge in [0.15, 0.2) is 0 Å². The van der Waals surface area contributed by atoms with Gasteiger partial charge in [-0.2, -0.15) is 0 Å². The Balaban J connectivity index is 2.25. The smallest absolute Gasteiger partial charge is 0.122 e. The maximum Gasteiger partial charge on any atom is 0.122 e. The molecule has 2 nitrogen and oxygen atoms in total. The normalized spacial score (nSPS) is 31.7. The van der Waals surface area contributed by atoms with E-state index in [1.165, 1.54) is 24.0 Å². The monoisotopic (exact) mass is 259 g/mol. The molecule has 2 aliphatic rings. The molecule has 1 heterocycles. The van der Waals surface area contributed by atoms with Gasteiger partial charge in [-0.15, -0.1) is 0 Å². The summed E-state index contributed by atoms with van der Waals surface area (Å²) in [5, 5.41) is 3.74. The number of rotatable bonds is 2. The Morgan fingerprint density at radius 3 is 2.84 bits per heavy atom. The van der Waals surface area contributed by atoms with E-state index in [1.807, 2.05) is 0 Å². The lowest BCUT2D eigenvalue weighted by Crippen LogP contribution is -2.63. The van der Waals surface area contributed by atoms with Gasteiger partial charge in [0.25, 0.3) is 0 Å². The van der Waals surface area contributed by atoms with E-state index in [0.29, 0.717) is 16.9 Å². The van der Waals surface area contributed by atoms with Crippen molar-refractivity contribution in [2.75, 3.05) is 13.7 Å². The summed E-state index contributed by atoms with van der Waals surface area (Å²) < 4.78 is 5.61. The zero-order valence-corrected chi connectivity index (χ0v) is 12.5. The summed E-state index contributed by atoms with van der Waals surface area (Å²) in [6.45, 7) is 8.36. The highest BCUT2D eigenvalue weighted by Crippen LogP contribution is 2.56. The van der Waals surface area contributed by atoms with Gasteiger partial charge in [-0.05, 0) is 48.4 Å². The Hall–Kier alpha value is -1.02. The van der Waals surface area contributed by atoms with Crippen LogP contribution in [0, 0.1) is 5.41 Å². The van der Waals surface area contributed by atoms with E-state index >= 15 is 0 Å². The molecule has 0 aromatic heterocycles. The van der Waals surface area contributed by atoms with Crippen molar-refractivity contribution >= 4 is 0 Å². The van der Waals surface area contributed by atoms with Crippen LogP contribution in [0.4, 0.5) is 0 Å². The highest BCUT2D eigenvalue weighted by atomic mass is 16.5. The van der Waals surface area contributed by atoms with E-state index in [2.05, 4.69) is 44.3 Å². The standard InChI is InChI=1S/C17H25NO/c1-5-17-9-10-18-15(16(17,2)3)11-12-13(17)7-6-8-14(12)19-4/h6-8,15,18H,5,9-11H2,1-4H3/t15-,17+/m1/s1. The summed E-state index contributed by atoms with van der Waals surface area (Å²) in [5.74, 6) is 1.07. The number of ether oxygens (including phenoxy) is 1. The highest BCUT2D eigenvalue weighted by Gasteiger charge is 2.55. The first kappa shape index (κ1) is 13.0. The fourth-order valence-corrected chi connectivity index (χ4v) is 4.62. The first-order chi connectivity index (χ1) is 9.06. The molecule has 1 aromatic carbocycles. The largest absolute Gasteiger partial charge is 0.496 e. The molecule has 0 saturated carbocycles. The van der Waals surface area contributed by atoms with Crippen LogP contribution in [0.25, 0.3) is 0 Å². The van der Waals surface area contributed by atoms with Crippen LogP contribution in [0.3, 0.4) is 0 Å². The van der Waals surface area contributed by atoms with Crippen LogP contribution in [-0.4, -0.2) is 19.7 Å². The fraction of sp³-hybridized carbons (Fsp3) is 0.647. The van der Waals surface area contributed by atoms with Gasteiger partial charge in [-0.3, -0.25) is 0 Å². The average Bonchev–Trinajstić information content (AvgIpc) is 2.38. The minimum atomic E-state index is 0.297. The van der Waals surface area contributed by atoms with Crippen molar-refractivity contribution in [3.05, 3.63) is 29.3 Å². The maximum absolute atomic E-state index is 5.61. The van der Waals surface area contributed by atoms with Crippen molar-refractivity contribution < 1.29 is 4.74 Å². The molecule has 3 rings (SSSR count). The zero-order valence-electron chi connectivity index (χ0n) is 12.5. The van der Waals surface area contributed by atoms with Gasteiger partial charge in [-0.25, -0.2) is 0 Å². The van der Waals surface area contributed by atoms with Crippen molar-refractivity contribution in [2.24, 2.45) is 5.41 Å². The van der Waals surface area contributed by atoms with Gasteiger partial charge in [0.1, 0.15) is 5.75 Å².